The van der Waals surface area contributed by atoms with Crippen LogP contribution in [0.3, 0.4) is 0 Å². The van der Waals surface area contributed by atoms with E-state index in [0.29, 0.717) is 42.4 Å². The molecule has 7 heteroatoms. The molecule has 0 aliphatic carbocycles. The number of aromatic nitrogens is 2. The zero-order valence-electron chi connectivity index (χ0n) is 16.6. The molecule has 0 fully saturated rings. The molecule has 1 N–H and O–H groups in total. The van der Waals surface area contributed by atoms with Crippen LogP contribution in [0.1, 0.15) is 70.8 Å². The quantitative estimate of drug-likeness (QED) is 0.778. The Hall–Kier alpha value is -2.96. The number of nitrogens with zero attached hydrogens (tertiary/aromatic N) is 3. The summed E-state index contributed by atoms with van der Waals surface area (Å²) in [4.78, 5) is 43.5. The summed E-state index contributed by atoms with van der Waals surface area (Å²) in [5.41, 5.74) is 2.17. The number of anilines is 1. The number of Topliss-reactive ketones (excluding diaryl/α,β-unsaturated/α-hetero) is 1. The number of carbonyl (C=O) groups is 3. The first-order valence-electron chi connectivity index (χ1n) is 9.77. The standard InChI is InChI=1S/C21H26N4O3/c1-4-24(5-2)21(28)19-23-18(17-11-6-7-12-25(17)19)20(27)22-16-10-8-9-15(13-16)14(3)26/h8-10,13H,4-7,11-12H2,1-3H3,(H,22,27). The fourth-order valence-electron chi connectivity index (χ4n) is 3.55. The van der Waals surface area contributed by atoms with Gasteiger partial charge in [-0.15, -0.1) is 0 Å². The maximum Gasteiger partial charge on any atom is 0.289 e. The van der Waals surface area contributed by atoms with Gasteiger partial charge in [-0.05, 0) is 52.2 Å². The molecule has 1 aromatic heterocycles. The van der Waals surface area contributed by atoms with Crippen molar-refractivity contribution in [3.8, 4) is 0 Å². The molecule has 0 saturated heterocycles. The predicted octanol–water partition coefficient (Wildman–Crippen LogP) is 3.16. The molecule has 1 aliphatic rings. The van der Waals surface area contributed by atoms with Crippen molar-refractivity contribution in [2.75, 3.05) is 18.4 Å². The van der Waals surface area contributed by atoms with Crippen LogP contribution in [0.25, 0.3) is 0 Å². The van der Waals surface area contributed by atoms with E-state index in [0.717, 1.165) is 25.0 Å². The Bertz CT molecular complexity index is 912. The molecule has 148 valence electrons. The van der Waals surface area contributed by atoms with Crippen LogP contribution in [0.5, 0.6) is 0 Å². The summed E-state index contributed by atoms with van der Waals surface area (Å²) < 4.78 is 1.89. The Morgan fingerprint density at radius 2 is 1.93 bits per heavy atom. The molecular weight excluding hydrogens is 356 g/mol. The Balaban J connectivity index is 1.93. The van der Waals surface area contributed by atoms with Crippen molar-refractivity contribution < 1.29 is 14.4 Å². The van der Waals surface area contributed by atoms with Crippen LogP contribution in [0.15, 0.2) is 24.3 Å². The third-order valence-corrected chi connectivity index (χ3v) is 5.10. The molecule has 1 aliphatic heterocycles. The van der Waals surface area contributed by atoms with Crippen LogP contribution in [-0.2, 0) is 13.0 Å². The number of imidazole rings is 1. The fraction of sp³-hybridized carbons (Fsp3) is 0.429. The first-order chi connectivity index (χ1) is 13.5. The second kappa shape index (κ2) is 8.37. The maximum absolute atomic E-state index is 12.9. The molecule has 28 heavy (non-hydrogen) atoms. The number of amides is 2. The van der Waals surface area contributed by atoms with Gasteiger partial charge in [0.25, 0.3) is 11.8 Å². The fourth-order valence-corrected chi connectivity index (χ4v) is 3.55. The lowest BCUT2D eigenvalue weighted by atomic mass is 10.1. The average molecular weight is 382 g/mol. The molecule has 2 aromatic rings. The summed E-state index contributed by atoms with van der Waals surface area (Å²) in [5.74, 6) is -0.237. The van der Waals surface area contributed by atoms with Crippen molar-refractivity contribution in [3.63, 3.8) is 0 Å². The summed E-state index contributed by atoms with van der Waals surface area (Å²) in [6.45, 7) is 7.22. The first-order valence-corrected chi connectivity index (χ1v) is 9.77. The minimum absolute atomic E-state index is 0.0671. The van der Waals surface area contributed by atoms with E-state index in [-0.39, 0.29) is 17.6 Å². The molecule has 3 rings (SSSR count). The van der Waals surface area contributed by atoms with E-state index in [1.54, 1.807) is 29.2 Å². The van der Waals surface area contributed by atoms with Gasteiger partial charge in [0.1, 0.15) is 0 Å². The summed E-state index contributed by atoms with van der Waals surface area (Å²) in [7, 11) is 0. The van der Waals surface area contributed by atoms with E-state index in [9.17, 15) is 14.4 Å². The Kier molecular flexibility index (Phi) is 5.92. The van der Waals surface area contributed by atoms with Crippen LogP contribution < -0.4 is 5.32 Å². The summed E-state index contributed by atoms with van der Waals surface area (Å²) in [6.07, 6.45) is 2.64. The Morgan fingerprint density at radius 1 is 1.18 bits per heavy atom. The number of ketones is 1. The van der Waals surface area contributed by atoms with Crippen LogP contribution >= 0.6 is 0 Å². The number of hydrogen-bond acceptors (Lipinski definition) is 4. The predicted molar refractivity (Wildman–Crippen MR) is 107 cm³/mol. The van der Waals surface area contributed by atoms with Gasteiger partial charge < -0.3 is 14.8 Å². The minimum atomic E-state index is -0.357. The zero-order valence-corrected chi connectivity index (χ0v) is 16.6. The van der Waals surface area contributed by atoms with Crippen LogP contribution in [-0.4, -0.2) is 45.1 Å². The Labute approximate surface area is 164 Å². The lowest BCUT2D eigenvalue weighted by Gasteiger charge is -2.21. The van der Waals surface area contributed by atoms with Crippen LogP contribution in [0, 0.1) is 0 Å². The van der Waals surface area contributed by atoms with Crippen molar-refractivity contribution in [1.29, 1.82) is 0 Å². The van der Waals surface area contributed by atoms with Crippen LogP contribution in [0.2, 0.25) is 0 Å². The summed E-state index contributed by atoms with van der Waals surface area (Å²) in [6, 6.07) is 6.81. The van der Waals surface area contributed by atoms with Crippen molar-refractivity contribution in [3.05, 3.63) is 47.0 Å². The molecule has 1 aromatic carbocycles. The van der Waals surface area contributed by atoms with Crippen molar-refractivity contribution in [2.24, 2.45) is 0 Å². The lowest BCUT2D eigenvalue weighted by molar-refractivity contribution is 0.0754. The number of rotatable bonds is 6. The number of carbonyl (C=O) groups excluding carboxylic acids is 3. The molecule has 0 saturated carbocycles. The molecule has 2 amide bonds. The van der Waals surface area contributed by atoms with E-state index >= 15 is 0 Å². The van der Waals surface area contributed by atoms with Crippen molar-refractivity contribution >= 4 is 23.3 Å². The zero-order chi connectivity index (χ0) is 20.3. The third kappa shape index (κ3) is 3.83. The van der Waals surface area contributed by atoms with E-state index < -0.39 is 0 Å². The van der Waals surface area contributed by atoms with E-state index in [1.807, 2.05) is 18.4 Å². The number of fused-ring (bicyclic) bond motifs is 1. The third-order valence-electron chi connectivity index (χ3n) is 5.10. The highest BCUT2D eigenvalue weighted by atomic mass is 16.2. The molecule has 0 unspecified atom stereocenters. The van der Waals surface area contributed by atoms with Gasteiger partial charge in [0.05, 0.1) is 5.69 Å². The average Bonchev–Trinajstić information content (AvgIpc) is 3.09. The first kappa shape index (κ1) is 19.8. The molecule has 0 bridgehead atoms. The highest BCUT2D eigenvalue weighted by molar-refractivity contribution is 6.05. The highest BCUT2D eigenvalue weighted by Gasteiger charge is 2.29. The second-order valence-electron chi connectivity index (χ2n) is 6.91. The molecule has 2 heterocycles. The normalized spacial score (nSPS) is 13.0. The minimum Gasteiger partial charge on any atom is -0.337 e. The van der Waals surface area contributed by atoms with E-state index in [2.05, 4.69) is 10.3 Å². The maximum atomic E-state index is 12.9. The van der Waals surface area contributed by atoms with Gasteiger partial charge in [-0.3, -0.25) is 14.4 Å². The molecule has 7 nitrogen and oxygen atoms in total. The van der Waals surface area contributed by atoms with Crippen LogP contribution in [0.4, 0.5) is 5.69 Å². The van der Waals surface area contributed by atoms with Gasteiger partial charge >= 0.3 is 0 Å². The van der Waals surface area contributed by atoms with Gasteiger partial charge in [-0.25, -0.2) is 4.98 Å². The number of benzene rings is 1. The largest absolute Gasteiger partial charge is 0.337 e. The van der Waals surface area contributed by atoms with E-state index in [1.165, 1.54) is 6.92 Å². The highest BCUT2D eigenvalue weighted by Crippen LogP contribution is 2.23. The second-order valence-corrected chi connectivity index (χ2v) is 6.91. The number of nitrogens with one attached hydrogen (secondary N) is 1. The molecule has 0 spiro atoms. The van der Waals surface area contributed by atoms with Gasteiger partial charge in [-0.2, -0.15) is 0 Å². The molecule has 0 radical (unpaired) electrons. The monoisotopic (exact) mass is 382 g/mol. The summed E-state index contributed by atoms with van der Waals surface area (Å²) >= 11 is 0. The lowest BCUT2D eigenvalue weighted by Crippen LogP contribution is -2.33. The van der Waals surface area contributed by atoms with Gasteiger partial charge in [0.2, 0.25) is 0 Å². The number of hydrogen-bond donors (Lipinski definition) is 1. The molecule has 0 atom stereocenters. The van der Waals surface area contributed by atoms with Gasteiger partial charge in [-0.1, -0.05) is 12.1 Å². The Morgan fingerprint density at radius 3 is 2.61 bits per heavy atom. The summed E-state index contributed by atoms with van der Waals surface area (Å²) in [5, 5.41) is 2.82. The van der Waals surface area contributed by atoms with Gasteiger partial charge in [0, 0.05) is 30.9 Å². The van der Waals surface area contributed by atoms with Crippen molar-refractivity contribution in [2.45, 2.75) is 46.6 Å². The molecular formula is C21H26N4O3. The van der Waals surface area contributed by atoms with Crippen molar-refractivity contribution in [1.82, 2.24) is 14.5 Å². The smallest absolute Gasteiger partial charge is 0.289 e. The topological polar surface area (TPSA) is 84.3 Å². The van der Waals surface area contributed by atoms with E-state index in [4.69, 9.17) is 0 Å². The van der Waals surface area contributed by atoms with Gasteiger partial charge in [0.15, 0.2) is 17.3 Å². The SMILES string of the molecule is CCN(CC)C(=O)c1nc(C(=O)Nc2cccc(C(C)=O)c2)c2n1CCCC2.